The first-order chi connectivity index (χ1) is 9.10. The minimum atomic E-state index is -0.685. The number of esters is 1. The first-order valence-electron chi connectivity index (χ1n) is 5.63. The van der Waals surface area contributed by atoms with Crippen LogP contribution in [0.15, 0.2) is 24.4 Å². The van der Waals surface area contributed by atoms with Crippen LogP contribution in [0.3, 0.4) is 0 Å². The van der Waals surface area contributed by atoms with E-state index in [0.717, 1.165) is 9.88 Å². The van der Waals surface area contributed by atoms with Crippen LogP contribution >= 0.6 is 11.3 Å². The van der Waals surface area contributed by atoms with Gasteiger partial charge < -0.3 is 10.1 Å². The fraction of sp³-hybridized carbons (Fsp3) is 0.231. The summed E-state index contributed by atoms with van der Waals surface area (Å²) in [6, 6.07) is 4.26. The summed E-state index contributed by atoms with van der Waals surface area (Å²) < 4.78 is 18.0. The number of rotatable bonds is 4. The number of methoxy groups -OCH3 is 1. The van der Waals surface area contributed by atoms with Gasteiger partial charge in [0.1, 0.15) is 5.82 Å². The second kappa shape index (κ2) is 5.79. The van der Waals surface area contributed by atoms with Gasteiger partial charge in [-0.1, -0.05) is 0 Å². The Kier molecular flexibility index (Phi) is 4.11. The zero-order valence-corrected chi connectivity index (χ0v) is 11.4. The van der Waals surface area contributed by atoms with Crippen LogP contribution in [0.2, 0.25) is 0 Å². The average molecular weight is 280 g/mol. The Labute approximate surface area is 114 Å². The van der Waals surface area contributed by atoms with Crippen molar-refractivity contribution in [1.82, 2.24) is 4.98 Å². The van der Waals surface area contributed by atoms with Gasteiger partial charge in [-0.25, -0.2) is 14.2 Å². The molecule has 2 rings (SSSR count). The molecule has 0 unspecified atom stereocenters. The summed E-state index contributed by atoms with van der Waals surface area (Å²) >= 11 is 1.59. The summed E-state index contributed by atoms with van der Waals surface area (Å²) in [7, 11) is 1.22. The summed E-state index contributed by atoms with van der Waals surface area (Å²) in [5, 5.41) is 4.11. The number of hydrogen-bond donors (Lipinski definition) is 1. The number of aromatic nitrogens is 1. The van der Waals surface area contributed by atoms with Crippen LogP contribution in [0, 0.1) is 12.7 Å². The molecule has 0 spiro atoms. The molecule has 0 amide bonds. The van der Waals surface area contributed by atoms with E-state index in [1.807, 2.05) is 6.92 Å². The number of carbonyl (C=O) groups is 1. The second-order valence-corrected chi connectivity index (χ2v) is 5.20. The van der Waals surface area contributed by atoms with Crippen LogP contribution < -0.4 is 5.32 Å². The molecule has 1 aromatic heterocycles. The maximum atomic E-state index is 13.4. The molecule has 0 fully saturated rings. The summed E-state index contributed by atoms with van der Waals surface area (Å²) in [5.41, 5.74) is 0.584. The van der Waals surface area contributed by atoms with Gasteiger partial charge in [-0.3, -0.25) is 0 Å². The van der Waals surface area contributed by atoms with E-state index >= 15 is 0 Å². The van der Waals surface area contributed by atoms with Gasteiger partial charge >= 0.3 is 5.97 Å². The third-order valence-electron chi connectivity index (χ3n) is 2.51. The normalized spacial score (nSPS) is 10.3. The van der Waals surface area contributed by atoms with E-state index in [1.54, 1.807) is 23.6 Å². The highest BCUT2D eigenvalue weighted by molar-refractivity contribution is 7.11. The Balaban J connectivity index is 2.10. The molecule has 19 heavy (non-hydrogen) atoms. The Hall–Kier alpha value is -1.95. The number of benzene rings is 1. The molecule has 0 aliphatic rings. The van der Waals surface area contributed by atoms with Crippen LogP contribution in [0.4, 0.5) is 10.1 Å². The minimum absolute atomic E-state index is 0.0759. The number of anilines is 1. The number of thiazole rings is 1. The number of nitrogens with one attached hydrogen (secondary N) is 1. The largest absolute Gasteiger partial charge is 0.465 e. The van der Waals surface area contributed by atoms with Gasteiger partial charge in [0.05, 0.1) is 24.2 Å². The van der Waals surface area contributed by atoms with Crippen molar-refractivity contribution in [3.8, 4) is 0 Å². The molecule has 0 saturated heterocycles. The van der Waals surface area contributed by atoms with Crippen molar-refractivity contribution < 1.29 is 13.9 Å². The lowest BCUT2D eigenvalue weighted by atomic mass is 10.2. The number of aryl methyl sites for hydroxylation is 1. The Morgan fingerprint density at radius 2 is 2.32 bits per heavy atom. The van der Waals surface area contributed by atoms with Crippen molar-refractivity contribution in [3.63, 3.8) is 0 Å². The van der Waals surface area contributed by atoms with Crippen molar-refractivity contribution >= 4 is 23.0 Å². The van der Waals surface area contributed by atoms with E-state index in [0.29, 0.717) is 12.2 Å². The Bertz CT molecular complexity index is 598. The Morgan fingerprint density at radius 3 is 2.95 bits per heavy atom. The zero-order chi connectivity index (χ0) is 13.8. The van der Waals surface area contributed by atoms with Gasteiger partial charge in [0.2, 0.25) is 0 Å². The molecule has 1 heterocycles. The van der Waals surface area contributed by atoms with E-state index in [9.17, 15) is 9.18 Å². The van der Waals surface area contributed by atoms with Crippen molar-refractivity contribution in [1.29, 1.82) is 0 Å². The number of ether oxygens (including phenoxy) is 1. The highest BCUT2D eigenvalue weighted by Gasteiger charge is 2.12. The topological polar surface area (TPSA) is 51.2 Å². The van der Waals surface area contributed by atoms with Crippen LogP contribution in [-0.4, -0.2) is 18.1 Å². The lowest BCUT2D eigenvalue weighted by Gasteiger charge is -2.07. The predicted octanol–water partition coefficient (Wildman–Crippen LogP) is 2.99. The third kappa shape index (κ3) is 3.29. The molecule has 0 bridgehead atoms. The van der Waals surface area contributed by atoms with Crippen LogP contribution in [0.1, 0.15) is 20.2 Å². The van der Waals surface area contributed by atoms with E-state index in [1.165, 1.54) is 19.2 Å². The zero-order valence-electron chi connectivity index (χ0n) is 10.6. The molecule has 100 valence electrons. The van der Waals surface area contributed by atoms with E-state index in [2.05, 4.69) is 15.0 Å². The van der Waals surface area contributed by atoms with Gasteiger partial charge in [0.25, 0.3) is 0 Å². The molecule has 4 nitrogen and oxygen atoms in total. The summed E-state index contributed by atoms with van der Waals surface area (Å²) in [6.45, 7) is 2.51. The number of halogens is 1. The lowest BCUT2D eigenvalue weighted by molar-refractivity contribution is 0.0595. The van der Waals surface area contributed by atoms with Gasteiger partial charge in [0, 0.05) is 16.8 Å². The van der Waals surface area contributed by atoms with Gasteiger partial charge in [-0.2, -0.15) is 0 Å². The monoisotopic (exact) mass is 280 g/mol. The first kappa shape index (κ1) is 13.5. The van der Waals surface area contributed by atoms with Crippen LogP contribution in [0.5, 0.6) is 0 Å². The molecule has 6 heteroatoms. The molecule has 0 saturated carbocycles. The summed E-state index contributed by atoms with van der Waals surface area (Å²) in [6.07, 6.45) is 1.79. The molecule has 0 aliphatic carbocycles. The number of carbonyl (C=O) groups excluding carboxylic acids is 1. The van der Waals surface area contributed by atoms with Crippen molar-refractivity contribution in [3.05, 3.63) is 45.7 Å². The summed E-state index contributed by atoms with van der Waals surface area (Å²) in [5.74, 6) is -1.28. The number of hydrogen-bond acceptors (Lipinski definition) is 5. The minimum Gasteiger partial charge on any atom is -0.465 e. The molecule has 0 atom stereocenters. The molecule has 2 aromatic rings. The lowest BCUT2D eigenvalue weighted by Crippen LogP contribution is -2.06. The van der Waals surface area contributed by atoms with Crippen molar-refractivity contribution in [2.75, 3.05) is 12.4 Å². The van der Waals surface area contributed by atoms with Gasteiger partial charge in [-0.15, -0.1) is 11.3 Å². The van der Waals surface area contributed by atoms with Crippen LogP contribution in [-0.2, 0) is 11.3 Å². The van der Waals surface area contributed by atoms with E-state index in [-0.39, 0.29) is 5.56 Å². The fourth-order valence-corrected chi connectivity index (χ4v) is 2.31. The SMILES string of the molecule is COC(=O)c1cc(NCc2cnc(C)s2)ccc1F. The summed E-state index contributed by atoms with van der Waals surface area (Å²) in [4.78, 5) is 16.6. The third-order valence-corrected chi connectivity index (χ3v) is 3.42. The predicted molar refractivity (Wildman–Crippen MR) is 71.9 cm³/mol. The quantitative estimate of drug-likeness (QED) is 0.875. The maximum Gasteiger partial charge on any atom is 0.340 e. The first-order valence-corrected chi connectivity index (χ1v) is 6.45. The molecular formula is C13H13FN2O2S. The smallest absolute Gasteiger partial charge is 0.340 e. The molecule has 0 radical (unpaired) electrons. The molecule has 1 N–H and O–H groups in total. The fourth-order valence-electron chi connectivity index (χ4n) is 1.58. The molecule has 0 aliphatic heterocycles. The van der Waals surface area contributed by atoms with Crippen molar-refractivity contribution in [2.45, 2.75) is 13.5 Å². The molecule has 1 aromatic carbocycles. The highest BCUT2D eigenvalue weighted by Crippen LogP contribution is 2.18. The Morgan fingerprint density at radius 1 is 1.53 bits per heavy atom. The second-order valence-electron chi connectivity index (χ2n) is 3.89. The molecular weight excluding hydrogens is 267 g/mol. The standard InChI is InChI=1S/C13H13FN2O2S/c1-8-15-6-10(19-8)7-16-9-3-4-12(14)11(5-9)13(17)18-2/h3-6,16H,7H2,1-2H3. The van der Waals surface area contributed by atoms with E-state index in [4.69, 9.17) is 0 Å². The highest BCUT2D eigenvalue weighted by atomic mass is 32.1. The van der Waals surface area contributed by atoms with Gasteiger partial charge in [0.15, 0.2) is 0 Å². The van der Waals surface area contributed by atoms with E-state index < -0.39 is 11.8 Å². The van der Waals surface area contributed by atoms with Gasteiger partial charge in [-0.05, 0) is 25.1 Å². The number of nitrogens with zero attached hydrogens (tertiary/aromatic N) is 1. The average Bonchev–Trinajstić information content (AvgIpc) is 2.83. The van der Waals surface area contributed by atoms with Crippen LogP contribution in [0.25, 0.3) is 0 Å². The van der Waals surface area contributed by atoms with Crippen molar-refractivity contribution in [2.24, 2.45) is 0 Å². The maximum absolute atomic E-state index is 13.4.